The molecule has 2 aliphatic rings. The van der Waals surface area contributed by atoms with E-state index in [1.807, 2.05) is 20.8 Å². The zero-order valence-electron chi connectivity index (χ0n) is 15.9. The number of likely N-dealkylation sites (N-methyl/N-ethyl adjacent to an activating group) is 2. The van der Waals surface area contributed by atoms with E-state index in [9.17, 15) is 9.59 Å². The number of nitrogens with one attached hydrogen (secondary N) is 3. The molecule has 1 aromatic heterocycles. The van der Waals surface area contributed by atoms with Gasteiger partial charge in [0.2, 0.25) is 17.2 Å². The van der Waals surface area contributed by atoms with Crippen molar-refractivity contribution >= 4 is 41.8 Å². The molecule has 27 heavy (non-hydrogen) atoms. The summed E-state index contributed by atoms with van der Waals surface area (Å²) in [6.07, 6.45) is 1.09. The average molecular weight is 398 g/mol. The van der Waals surface area contributed by atoms with Crippen LogP contribution in [0.4, 0.5) is 16.7 Å². The van der Waals surface area contributed by atoms with Crippen LogP contribution >= 0.6 is 11.6 Å². The molecule has 3 amide bonds. The van der Waals surface area contributed by atoms with Crippen molar-refractivity contribution in [3.05, 3.63) is 5.28 Å². The van der Waals surface area contributed by atoms with Gasteiger partial charge in [0.1, 0.15) is 6.04 Å². The number of hydrogen-bond donors (Lipinski definition) is 3. The van der Waals surface area contributed by atoms with Crippen molar-refractivity contribution in [2.24, 2.45) is 4.99 Å². The third-order valence-electron chi connectivity index (χ3n) is 3.72. The summed E-state index contributed by atoms with van der Waals surface area (Å²) in [4.78, 5) is 41.5. The Balaban J connectivity index is 0.000000194. The van der Waals surface area contributed by atoms with Gasteiger partial charge in [-0.2, -0.15) is 15.0 Å². The van der Waals surface area contributed by atoms with Crippen LogP contribution in [-0.4, -0.2) is 81.9 Å². The Bertz CT molecular complexity index is 727. The Morgan fingerprint density at radius 1 is 1.22 bits per heavy atom. The summed E-state index contributed by atoms with van der Waals surface area (Å²) in [6.45, 7) is 6.73. The van der Waals surface area contributed by atoms with E-state index in [0.29, 0.717) is 11.9 Å². The van der Waals surface area contributed by atoms with Crippen molar-refractivity contribution in [1.29, 1.82) is 0 Å². The summed E-state index contributed by atoms with van der Waals surface area (Å²) in [5.41, 5.74) is 0. The fraction of sp³-hybridized carbons (Fsp3) is 0.600. The molecule has 3 N–H and O–H groups in total. The molecule has 0 aliphatic carbocycles. The van der Waals surface area contributed by atoms with Crippen LogP contribution in [0.5, 0.6) is 0 Å². The lowest BCUT2D eigenvalue weighted by Gasteiger charge is -2.36. The molecule has 0 bridgehead atoms. The highest BCUT2D eigenvalue weighted by Crippen LogP contribution is 2.18. The zero-order valence-corrected chi connectivity index (χ0v) is 16.7. The summed E-state index contributed by atoms with van der Waals surface area (Å²) in [5.74, 6) is 0.761. The number of halogens is 1. The number of imide groups is 1. The van der Waals surface area contributed by atoms with Crippen molar-refractivity contribution in [1.82, 2.24) is 30.1 Å². The first kappa shape index (κ1) is 20.6. The largest absolute Gasteiger partial charge is 0.362 e. The van der Waals surface area contributed by atoms with Gasteiger partial charge in [0.25, 0.3) is 5.91 Å². The summed E-state index contributed by atoms with van der Waals surface area (Å²) >= 11 is 5.73. The number of hydrogen-bond acceptors (Lipinski definition) is 9. The average Bonchev–Trinajstić information content (AvgIpc) is 3.08. The Morgan fingerprint density at radius 3 is 2.52 bits per heavy atom. The van der Waals surface area contributed by atoms with E-state index in [0.717, 1.165) is 11.4 Å². The van der Waals surface area contributed by atoms with Gasteiger partial charge in [0.05, 0.1) is 6.34 Å². The normalized spacial score (nSPS) is 20.9. The Morgan fingerprint density at radius 2 is 1.89 bits per heavy atom. The van der Waals surface area contributed by atoms with Crippen LogP contribution in [0.2, 0.25) is 5.28 Å². The van der Waals surface area contributed by atoms with Gasteiger partial charge >= 0.3 is 6.03 Å². The van der Waals surface area contributed by atoms with Gasteiger partial charge in [0.15, 0.2) is 6.17 Å². The number of aliphatic imine (C=N–C) groups is 1. The number of carbonyl (C=O) groups excluding carboxylic acids is 2. The van der Waals surface area contributed by atoms with Gasteiger partial charge in [-0.3, -0.25) is 9.69 Å². The summed E-state index contributed by atoms with van der Waals surface area (Å²) in [6, 6.07) is -0.456. The molecule has 0 radical (unpaired) electrons. The SMILES string of the molecule is CCNc1nc(Cl)nc(NC(C)C)n1.CN1C(=O)C2NC=NC2N(C)C1=O. The number of carbonyl (C=O) groups is 2. The number of rotatable bonds is 4. The molecule has 12 heteroatoms. The minimum Gasteiger partial charge on any atom is -0.362 e. The Hall–Kier alpha value is -2.69. The van der Waals surface area contributed by atoms with Crippen molar-refractivity contribution in [3.63, 3.8) is 0 Å². The first-order valence-electron chi connectivity index (χ1n) is 8.48. The lowest BCUT2D eigenvalue weighted by atomic mass is 10.1. The van der Waals surface area contributed by atoms with Crippen LogP contribution in [0.1, 0.15) is 20.8 Å². The first-order valence-corrected chi connectivity index (χ1v) is 8.86. The van der Waals surface area contributed by atoms with Crippen molar-refractivity contribution in [2.75, 3.05) is 31.3 Å². The molecule has 148 valence electrons. The van der Waals surface area contributed by atoms with Gasteiger partial charge < -0.3 is 20.9 Å². The summed E-state index contributed by atoms with van der Waals surface area (Å²) in [5, 5.41) is 9.04. The van der Waals surface area contributed by atoms with E-state index in [1.54, 1.807) is 7.05 Å². The second-order valence-electron chi connectivity index (χ2n) is 6.21. The quantitative estimate of drug-likeness (QED) is 0.674. The molecule has 2 aliphatic heterocycles. The molecule has 2 atom stereocenters. The topological polar surface area (TPSA) is 128 Å². The number of aromatic nitrogens is 3. The van der Waals surface area contributed by atoms with Gasteiger partial charge in [-0.05, 0) is 32.4 Å². The molecule has 2 unspecified atom stereocenters. The molecule has 0 spiro atoms. The first-order chi connectivity index (χ1) is 12.7. The maximum absolute atomic E-state index is 11.5. The highest BCUT2D eigenvalue weighted by molar-refractivity contribution is 6.28. The van der Waals surface area contributed by atoms with E-state index in [4.69, 9.17) is 11.6 Å². The third kappa shape index (κ3) is 4.94. The van der Waals surface area contributed by atoms with Gasteiger partial charge in [0, 0.05) is 26.7 Å². The lowest BCUT2D eigenvalue weighted by molar-refractivity contribution is -0.133. The monoisotopic (exact) mass is 397 g/mol. The molecule has 1 fully saturated rings. The maximum atomic E-state index is 11.5. The minimum absolute atomic E-state index is 0.194. The standard InChI is InChI=1S/C8H14ClN5.C7H10N4O2/c1-4-10-7-12-6(9)13-8(14-7)11-5(2)3;1-10-5-4(8-3-9-5)6(12)11(2)7(10)13/h5H,4H2,1-3H3,(H2,10,11,12,13,14);3-5H,1-2H3,(H,8,9). The van der Waals surface area contributed by atoms with E-state index in [-0.39, 0.29) is 29.4 Å². The molecule has 0 saturated carbocycles. The van der Waals surface area contributed by atoms with Crippen LogP contribution in [0.25, 0.3) is 0 Å². The van der Waals surface area contributed by atoms with Crippen LogP contribution in [0.3, 0.4) is 0 Å². The van der Waals surface area contributed by atoms with E-state index >= 15 is 0 Å². The van der Waals surface area contributed by atoms with Crippen LogP contribution in [0, 0.1) is 0 Å². The third-order valence-corrected chi connectivity index (χ3v) is 3.89. The second kappa shape index (κ2) is 8.80. The fourth-order valence-electron chi connectivity index (χ4n) is 2.46. The van der Waals surface area contributed by atoms with Crippen LogP contribution in [-0.2, 0) is 4.79 Å². The number of fused-ring (bicyclic) bond motifs is 1. The molecule has 3 heterocycles. The van der Waals surface area contributed by atoms with E-state index in [1.165, 1.54) is 18.3 Å². The predicted molar refractivity (Wildman–Crippen MR) is 103 cm³/mol. The van der Waals surface area contributed by atoms with Crippen molar-refractivity contribution in [2.45, 2.75) is 39.0 Å². The van der Waals surface area contributed by atoms with Crippen molar-refractivity contribution in [3.8, 4) is 0 Å². The molecular weight excluding hydrogens is 374 g/mol. The smallest absolute Gasteiger partial charge is 0.328 e. The van der Waals surface area contributed by atoms with Gasteiger partial charge in [-0.25, -0.2) is 9.79 Å². The van der Waals surface area contributed by atoms with E-state index in [2.05, 4.69) is 35.9 Å². The second-order valence-corrected chi connectivity index (χ2v) is 6.55. The van der Waals surface area contributed by atoms with Crippen LogP contribution < -0.4 is 16.0 Å². The molecule has 3 rings (SSSR count). The van der Waals surface area contributed by atoms with Gasteiger partial charge in [-0.1, -0.05) is 0 Å². The number of urea groups is 1. The van der Waals surface area contributed by atoms with Crippen LogP contribution in [0.15, 0.2) is 4.99 Å². The lowest BCUT2D eigenvalue weighted by Crippen LogP contribution is -2.62. The Labute approximate surface area is 162 Å². The molecule has 1 saturated heterocycles. The van der Waals surface area contributed by atoms with E-state index < -0.39 is 6.04 Å². The Kier molecular flexibility index (Phi) is 6.72. The fourth-order valence-corrected chi connectivity index (χ4v) is 2.62. The molecule has 1 aromatic rings. The molecule has 11 nitrogen and oxygen atoms in total. The van der Waals surface area contributed by atoms with Gasteiger partial charge in [-0.15, -0.1) is 0 Å². The molecule has 0 aromatic carbocycles. The number of nitrogens with zero attached hydrogens (tertiary/aromatic N) is 6. The zero-order chi connectivity index (χ0) is 20.1. The highest BCUT2D eigenvalue weighted by atomic mass is 35.5. The summed E-state index contributed by atoms with van der Waals surface area (Å²) in [7, 11) is 3.10. The number of amides is 3. The summed E-state index contributed by atoms with van der Waals surface area (Å²) < 4.78 is 0. The maximum Gasteiger partial charge on any atom is 0.328 e. The minimum atomic E-state index is -0.410. The highest BCUT2D eigenvalue weighted by Gasteiger charge is 2.44. The number of anilines is 2. The van der Waals surface area contributed by atoms with Crippen molar-refractivity contribution < 1.29 is 9.59 Å². The predicted octanol–water partition coefficient (Wildman–Crippen LogP) is 0.614. The molecular formula is C15H24ClN9O2.